The Bertz CT molecular complexity index is 1550. The fourth-order valence-electron chi connectivity index (χ4n) is 5.04. The van der Waals surface area contributed by atoms with Gasteiger partial charge in [0.15, 0.2) is 6.29 Å². The Labute approximate surface area is 265 Å². The number of ether oxygens (including phenoxy) is 3. The van der Waals surface area contributed by atoms with E-state index in [1.807, 2.05) is 66.7 Å². The number of aryl methyl sites for hydroxylation is 1. The normalized spacial score (nSPS) is 20.3. The molecule has 1 aromatic heterocycles. The van der Waals surface area contributed by atoms with Crippen molar-refractivity contribution in [1.29, 1.82) is 0 Å². The Kier molecular flexibility index (Phi) is 10.8. The molecule has 0 unspecified atom stereocenters. The first-order valence-electron chi connectivity index (χ1n) is 14.5. The van der Waals surface area contributed by atoms with Crippen molar-refractivity contribution < 1.29 is 28.9 Å². The summed E-state index contributed by atoms with van der Waals surface area (Å²) in [5.74, 6) is 0.0667. The lowest BCUT2D eigenvalue weighted by Crippen LogP contribution is -2.45. The minimum atomic E-state index is -0.849. The topological polar surface area (TPSA) is 150 Å². The van der Waals surface area contributed by atoms with Gasteiger partial charge in [0.05, 0.1) is 25.9 Å². The fourth-order valence-corrected chi connectivity index (χ4v) is 6.06. The highest BCUT2D eigenvalue weighted by atomic mass is 32.2. The van der Waals surface area contributed by atoms with Crippen molar-refractivity contribution in [2.45, 2.75) is 49.6 Å². The van der Waals surface area contributed by atoms with Crippen LogP contribution in [0.3, 0.4) is 0 Å². The monoisotopic (exact) mass is 632 g/mol. The third-order valence-electron chi connectivity index (χ3n) is 7.60. The summed E-state index contributed by atoms with van der Waals surface area (Å²) < 4.78 is 19.5. The Morgan fingerprint density at radius 1 is 1.00 bits per heavy atom. The highest BCUT2D eigenvalue weighted by Gasteiger charge is 2.38. The predicted octanol–water partition coefficient (Wildman–Crippen LogP) is 4.19. The zero-order valence-electron chi connectivity index (χ0n) is 25.2. The van der Waals surface area contributed by atoms with E-state index in [-0.39, 0.29) is 24.7 Å². The second-order valence-corrected chi connectivity index (χ2v) is 11.7. The molecule has 4 aromatic rings. The number of aliphatic hydroxyl groups is 1. The number of methoxy groups -OCH3 is 1. The molecule has 12 nitrogen and oxygen atoms in total. The van der Waals surface area contributed by atoms with E-state index in [1.165, 1.54) is 18.9 Å². The van der Waals surface area contributed by atoms with Gasteiger partial charge in [-0.3, -0.25) is 0 Å². The lowest BCUT2D eigenvalue weighted by atomic mass is 9.91. The molecule has 0 radical (unpaired) electrons. The van der Waals surface area contributed by atoms with Gasteiger partial charge in [-0.25, -0.2) is 14.3 Å². The SMILES string of the molecule is COC(=O)[C@H](Cc1ccccc1)NC(=O)Nc1ccc([C@H]2O[C@@H](CSc3nnnn3C)[C@@H](C)[C@@H](c3ccc(CO)cc3)O2)cc1. The number of esters is 1. The first-order valence-corrected chi connectivity index (χ1v) is 15.5. The fraction of sp³-hybridized carbons (Fsp3) is 0.344. The van der Waals surface area contributed by atoms with Gasteiger partial charge in [0.2, 0.25) is 5.16 Å². The predicted molar refractivity (Wildman–Crippen MR) is 167 cm³/mol. The molecule has 1 saturated heterocycles. The molecule has 3 aromatic carbocycles. The summed E-state index contributed by atoms with van der Waals surface area (Å²) in [5.41, 5.74) is 4.00. The van der Waals surface area contributed by atoms with Crippen molar-refractivity contribution >= 4 is 29.4 Å². The number of benzene rings is 3. The highest BCUT2D eigenvalue weighted by molar-refractivity contribution is 7.99. The number of nitrogens with zero attached hydrogens (tertiary/aromatic N) is 4. The number of thioether (sulfide) groups is 1. The van der Waals surface area contributed by atoms with Gasteiger partial charge in [-0.15, -0.1) is 5.10 Å². The summed E-state index contributed by atoms with van der Waals surface area (Å²) >= 11 is 1.51. The third-order valence-corrected chi connectivity index (χ3v) is 8.70. The number of hydrogen-bond acceptors (Lipinski definition) is 10. The van der Waals surface area contributed by atoms with Gasteiger partial charge in [0.1, 0.15) is 6.04 Å². The van der Waals surface area contributed by atoms with E-state index in [0.29, 0.717) is 23.0 Å². The minimum Gasteiger partial charge on any atom is -0.467 e. The van der Waals surface area contributed by atoms with Crippen LogP contribution in [-0.2, 0) is 39.1 Å². The number of carbonyl (C=O) groups excluding carboxylic acids is 2. The second-order valence-electron chi connectivity index (χ2n) is 10.7. The minimum absolute atomic E-state index is 0.00167. The summed E-state index contributed by atoms with van der Waals surface area (Å²) in [6, 6.07) is 22.9. The van der Waals surface area contributed by atoms with E-state index in [0.717, 1.165) is 22.3 Å². The zero-order valence-corrected chi connectivity index (χ0v) is 26.0. The summed E-state index contributed by atoms with van der Waals surface area (Å²) in [6.07, 6.45) is -0.852. The second kappa shape index (κ2) is 15.1. The van der Waals surface area contributed by atoms with Gasteiger partial charge in [-0.1, -0.05) is 85.4 Å². The zero-order chi connectivity index (χ0) is 31.8. The van der Waals surface area contributed by atoms with Crippen LogP contribution in [0.2, 0.25) is 0 Å². The molecular formula is C32H36N6O6S. The maximum absolute atomic E-state index is 12.8. The Morgan fingerprint density at radius 3 is 2.36 bits per heavy atom. The average Bonchev–Trinajstić information content (AvgIpc) is 3.48. The van der Waals surface area contributed by atoms with Crippen molar-refractivity contribution in [3.05, 3.63) is 101 Å². The molecule has 1 fully saturated rings. The standard InChI is InChI=1S/C32H36N6O6S/c1-20-27(19-45-32-35-36-37-38(32)2)43-30(44-28(20)23-11-9-22(18-39)10-12-23)24-13-15-25(16-14-24)33-31(41)34-26(29(40)42-3)17-21-7-5-4-6-8-21/h4-16,20,26-28,30,39H,17-19H2,1-3H3,(H2,33,34,41)/t20-,26+,27+,28+,30+/m1/s1. The number of rotatable bonds is 11. The molecule has 13 heteroatoms. The molecule has 45 heavy (non-hydrogen) atoms. The molecule has 236 valence electrons. The number of nitrogens with one attached hydrogen (secondary N) is 2. The van der Waals surface area contributed by atoms with Crippen LogP contribution in [0.4, 0.5) is 10.5 Å². The summed E-state index contributed by atoms with van der Waals surface area (Å²) in [6.45, 7) is 2.05. The summed E-state index contributed by atoms with van der Waals surface area (Å²) in [5, 5.41) is 27.4. The molecular weight excluding hydrogens is 596 g/mol. The molecule has 0 saturated carbocycles. The number of tetrazole rings is 1. The lowest BCUT2D eigenvalue weighted by Gasteiger charge is -2.41. The van der Waals surface area contributed by atoms with Crippen molar-refractivity contribution in [2.24, 2.45) is 13.0 Å². The highest BCUT2D eigenvalue weighted by Crippen LogP contribution is 2.43. The van der Waals surface area contributed by atoms with E-state index in [1.54, 1.807) is 23.9 Å². The van der Waals surface area contributed by atoms with Gasteiger partial charge < -0.3 is 30.0 Å². The Hall–Kier alpha value is -4.30. The number of urea groups is 1. The number of amides is 2. The van der Waals surface area contributed by atoms with E-state index in [9.17, 15) is 14.7 Å². The first-order chi connectivity index (χ1) is 21.8. The Balaban J connectivity index is 1.28. The van der Waals surface area contributed by atoms with E-state index in [2.05, 4.69) is 33.1 Å². The smallest absolute Gasteiger partial charge is 0.328 e. The van der Waals surface area contributed by atoms with Crippen LogP contribution in [0.1, 0.15) is 41.6 Å². The molecule has 1 aliphatic heterocycles. The van der Waals surface area contributed by atoms with E-state index in [4.69, 9.17) is 14.2 Å². The molecule has 5 rings (SSSR count). The van der Waals surface area contributed by atoms with Gasteiger partial charge >= 0.3 is 12.0 Å². The molecule has 0 aliphatic carbocycles. The van der Waals surface area contributed by atoms with Crippen LogP contribution >= 0.6 is 11.8 Å². The van der Waals surface area contributed by atoms with Crippen molar-refractivity contribution in [2.75, 3.05) is 18.2 Å². The van der Waals surface area contributed by atoms with Gasteiger partial charge in [0.25, 0.3) is 0 Å². The molecule has 5 atom stereocenters. The number of anilines is 1. The van der Waals surface area contributed by atoms with Crippen LogP contribution < -0.4 is 10.6 Å². The third kappa shape index (κ3) is 8.25. The quantitative estimate of drug-likeness (QED) is 0.162. The van der Waals surface area contributed by atoms with Gasteiger partial charge in [0, 0.05) is 36.4 Å². The maximum atomic E-state index is 12.8. The Morgan fingerprint density at radius 2 is 1.71 bits per heavy atom. The van der Waals surface area contributed by atoms with E-state index < -0.39 is 24.3 Å². The molecule has 3 N–H and O–H groups in total. The van der Waals surface area contributed by atoms with Gasteiger partial charge in [-0.05, 0) is 39.2 Å². The number of aromatic nitrogens is 4. The molecule has 0 spiro atoms. The average molecular weight is 633 g/mol. The van der Waals surface area contributed by atoms with Crippen molar-refractivity contribution in [1.82, 2.24) is 25.5 Å². The largest absolute Gasteiger partial charge is 0.467 e. The first kappa shape index (κ1) is 32.1. The number of hydrogen-bond donors (Lipinski definition) is 3. The van der Waals surface area contributed by atoms with Crippen LogP contribution in [0.25, 0.3) is 0 Å². The molecule has 2 heterocycles. The lowest BCUT2D eigenvalue weighted by molar-refractivity contribution is -0.268. The van der Waals surface area contributed by atoms with E-state index >= 15 is 0 Å². The number of carbonyl (C=O) groups is 2. The number of aliphatic hydroxyl groups excluding tert-OH is 1. The van der Waals surface area contributed by atoms with Crippen LogP contribution in [-0.4, -0.2) is 62.3 Å². The molecule has 0 bridgehead atoms. The van der Waals surface area contributed by atoms with Crippen LogP contribution in [0.5, 0.6) is 0 Å². The summed E-state index contributed by atoms with van der Waals surface area (Å²) in [7, 11) is 3.08. The van der Waals surface area contributed by atoms with Crippen LogP contribution in [0.15, 0.2) is 84.0 Å². The molecule has 1 aliphatic rings. The maximum Gasteiger partial charge on any atom is 0.328 e. The van der Waals surface area contributed by atoms with Gasteiger partial charge in [-0.2, -0.15) is 0 Å². The van der Waals surface area contributed by atoms with Crippen molar-refractivity contribution in [3.63, 3.8) is 0 Å². The summed E-state index contributed by atoms with van der Waals surface area (Å²) in [4.78, 5) is 25.2. The van der Waals surface area contributed by atoms with Crippen molar-refractivity contribution in [3.8, 4) is 0 Å². The van der Waals surface area contributed by atoms with Crippen LogP contribution in [0, 0.1) is 5.92 Å². The molecule has 2 amide bonds.